The molecule has 0 bridgehead atoms. The Morgan fingerprint density at radius 2 is 2.03 bits per heavy atom. The summed E-state index contributed by atoms with van der Waals surface area (Å²) in [5, 5.41) is 11.3. The number of hydrogen-bond acceptors (Lipinski definition) is 6. The van der Waals surface area contributed by atoms with E-state index >= 15 is 0 Å². The van der Waals surface area contributed by atoms with Gasteiger partial charge in [-0.3, -0.25) is 0 Å². The summed E-state index contributed by atoms with van der Waals surface area (Å²) in [6.07, 6.45) is 2.77. The van der Waals surface area contributed by atoms with Gasteiger partial charge in [0.1, 0.15) is 5.82 Å². The Balaban J connectivity index is 2.03. The lowest BCUT2D eigenvalue weighted by Crippen LogP contribution is -2.34. The Bertz CT molecular complexity index is 1000. The number of benzene rings is 1. The lowest BCUT2D eigenvalue weighted by Gasteiger charge is -2.27. The summed E-state index contributed by atoms with van der Waals surface area (Å²) in [7, 11) is 2.01. The first kappa shape index (κ1) is 22.7. The average Bonchev–Trinajstić information content (AvgIpc) is 2.91. The number of rotatable bonds is 5. The SMILES string of the molecule is C=N/N=C(/NC(=C)N1CCCN(C)c2ccc(-c3cccc(C(C)(F)F)c3)nc21)SC. The van der Waals surface area contributed by atoms with Crippen LogP contribution in [0.1, 0.15) is 18.9 Å². The fourth-order valence-electron chi connectivity index (χ4n) is 3.38. The zero-order valence-electron chi connectivity index (χ0n) is 17.9. The van der Waals surface area contributed by atoms with Gasteiger partial charge in [-0.1, -0.05) is 36.5 Å². The highest BCUT2D eigenvalue weighted by atomic mass is 32.2. The van der Waals surface area contributed by atoms with Gasteiger partial charge in [0.25, 0.3) is 5.92 Å². The number of nitrogens with one attached hydrogen (secondary N) is 1. The topological polar surface area (TPSA) is 56.1 Å². The van der Waals surface area contributed by atoms with Crippen LogP contribution in [0.15, 0.2) is 59.0 Å². The maximum atomic E-state index is 13.8. The van der Waals surface area contributed by atoms with E-state index in [2.05, 4.69) is 33.7 Å². The van der Waals surface area contributed by atoms with Crippen LogP contribution >= 0.6 is 11.8 Å². The number of nitrogens with zero attached hydrogens (tertiary/aromatic N) is 5. The van der Waals surface area contributed by atoms with Crippen molar-refractivity contribution in [3.8, 4) is 11.3 Å². The highest BCUT2D eigenvalue weighted by Crippen LogP contribution is 2.35. The van der Waals surface area contributed by atoms with Crippen molar-refractivity contribution >= 4 is 35.2 Å². The molecule has 0 saturated heterocycles. The van der Waals surface area contributed by atoms with Gasteiger partial charge in [0.05, 0.1) is 11.4 Å². The molecule has 0 fully saturated rings. The number of pyridine rings is 1. The van der Waals surface area contributed by atoms with Crippen molar-refractivity contribution < 1.29 is 8.78 Å². The second kappa shape index (κ2) is 9.47. The second-order valence-corrected chi connectivity index (χ2v) is 8.05. The number of alkyl halides is 2. The van der Waals surface area contributed by atoms with E-state index in [0.29, 0.717) is 34.6 Å². The first-order chi connectivity index (χ1) is 14.7. The Labute approximate surface area is 185 Å². The summed E-state index contributed by atoms with van der Waals surface area (Å²) in [6.45, 7) is 10.00. The van der Waals surface area contributed by atoms with Crippen molar-refractivity contribution in [1.82, 2.24) is 10.3 Å². The summed E-state index contributed by atoms with van der Waals surface area (Å²) in [6, 6.07) is 10.2. The van der Waals surface area contributed by atoms with Gasteiger partial charge in [-0.2, -0.15) is 5.10 Å². The van der Waals surface area contributed by atoms with Gasteiger partial charge in [0, 0.05) is 44.9 Å². The summed E-state index contributed by atoms with van der Waals surface area (Å²) in [4.78, 5) is 8.97. The maximum absolute atomic E-state index is 13.8. The summed E-state index contributed by atoms with van der Waals surface area (Å²) >= 11 is 1.39. The second-order valence-electron chi connectivity index (χ2n) is 7.26. The molecule has 1 aromatic heterocycles. The Hall–Kier alpha value is -2.94. The van der Waals surface area contributed by atoms with Crippen molar-refractivity contribution in [3.05, 3.63) is 54.4 Å². The lowest BCUT2D eigenvalue weighted by molar-refractivity contribution is 0.0175. The number of hydrogen-bond donors (Lipinski definition) is 1. The molecule has 0 aliphatic carbocycles. The molecule has 31 heavy (non-hydrogen) atoms. The number of thioether (sulfide) groups is 1. The molecule has 9 heteroatoms. The molecule has 0 amide bonds. The Morgan fingerprint density at radius 1 is 1.26 bits per heavy atom. The predicted molar refractivity (Wildman–Crippen MR) is 127 cm³/mol. The first-order valence-electron chi connectivity index (χ1n) is 9.76. The number of amidine groups is 1. The average molecular weight is 445 g/mol. The lowest BCUT2D eigenvalue weighted by atomic mass is 10.0. The van der Waals surface area contributed by atoms with Crippen LogP contribution in [0.3, 0.4) is 0 Å². The van der Waals surface area contributed by atoms with Crippen LogP contribution in [0, 0.1) is 0 Å². The van der Waals surface area contributed by atoms with E-state index in [1.807, 2.05) is 30.3 Å². The van der Waals surface area contributed by atoms with E-state index in [4.69, 9.17) is 4.98 Å². The van der Waals surface area contributed by atoms with E-state index in [-0.39, 0.29) is 5.56 Å². The molecule has 0 saturated carbocycles. The minimum Gasteiger partial charge on any atom is -0.372 e. The van der Waals surface area contributed by atoms with Crippen molar-refractivity contribution in [3.63, 3.8) is 0 Å². The maximum Gasteiger partial charge on any atom is 0.270 e. The zero-order valence-corrected chi connectivity index (χ0v) is 18.7. The van der Waals surface area contributed by atoms with Crippen LogP contribution in [0.2, 0.25) is 0 Å². The van der Waals surface area contributed by atoms with E-state index in [1.165, 1.54) is 23.9 Å². The number of halogens is 2. The van der Waals surface area contributed by atoms with Crippen LogP contribution in [0.5, 0.6) is 0 Å². The molecule has 1 aliphatic heterocycles. The smallest absolute Gasteiger partial charge is 0.270 e. The van der Waals surface area contributed by atoms with Crippen molar-refractivity contribution in [2.24, 2.45) is 10.2 Å². The van der Waals surface area contributed by atoms with Gasteiger partial charge in [-0.15, -0.1) is 5.10 Å². The summed E-state index contributed by atoms with van der Waals surface area (Å²) < 4.78 is 27.7. The van der Waals surface area contributed by atoms with Gasteiger partial charge in [-0.05, 0) is 30.9 Å². The number of aromatic nitrogens is 1. The van der Waals surface area contributed by atoms with Crippen molar-refractivity contribution in [2.45, 2.75) is 19.3 Å². The molecule has 2 heterocycles. The molecule has 2 aromatic rings. The summed E-state index contributed by atoms with van der Waals surface area (Å²) in [5.74, 6) is -1.61. The standard InChI is InChI=1S/C22H26F2N6S/c1-15(26-21(31-5)28-25-3)30-13-7-12-29(4)19-11-10-18(27-20(19)30)16-8-6-9-17(14-16)22(2,23)24/h6,8-11,14H,1,3,7,12-13H2,2,4-5H3,(H,26,28). The monoisotopic (exact) mass is 444 g/mol. The Morgan fingerprint density at radius 3 is 2.71 bits per heavy atom. The molecular weight excluding hydrogens is 418 g/mol. The van der Waals surface area contributed by atoms with Gasteiger partial charge in [0.15, 0.2) is 11.0 Å². The molecule has 164 valence electrons. The van der Waals surface area contributed by atoms with Crippen LogP contribution in [-0.2, 0) is 5.92 Å². The molecule has 0 unspecified atom stereocenters. The normalized spacial score (nSPS) is 14.7. The van der Waals surface area contributed by atoms with Crippen LogP contribution in [0.25, 0.3) is 11.3 Å². The molecular formula is C22H26F2N6S. The predicted octanol–water partition coefficient (Wildman–Crippen LogP) is 4.90. The quantitative estimate of drug-likeness (QED) is 0.404. The van der Waals surface area contributed by atoms with Crippen molar-refractivity contribution in [2.75, 3.05) is 36.2 Å². The van der Waals surface area contributed by atoms with E-state index < -0.39 is 5.92 Å². The third-order valence-corrected chi connectivity index (χ3v) is 5.56. The van der Waals surface area contributed by atoms with E-state index in [1.54, 1.807) is 12.1 Å². The molecule has 6 nitrogen and oxygen atoms in total. The molecule has 0 spiro atoms. The van der Waals surface area contributed by atoms with Gasteiger partial charge < -0.3 is 15.1 Å². The molecule has 1 aromatic carbocycles. The molecule has 1 aliphatic rings. The zero-order chi connectivity index (χ0) is 22.6. The minimum atomic E-state index is -2.92. The number of fused-ring (bicyclic) bond motifs is 1. The highest BCUT2D eigenvalue weighted by molar-refractivity contribution is 8.13. The molecule has 1 N–H and O–H groups in total. The van der Waals surface area contributed by atoms with Crippen LogP contribution < -0.4 is 15.1 Å². The Kier molecular flexibility index (Phi) is 6.94. The first-order valence-corrected chi connectivity index (χ1v) is 11.0. The molecule has 3 rings (SSSR count). The molecule has 0 atom stereocenters. The third kappa shape index (κ3) is 5.22. The van der Waals surface area contributed by atoms with Gasteiger partial charge in [0.2, 0.25) is 0 Å². The molecule has 0 radical (unpaired) electrons. The summed E-state index contributed by atoms with van der Waals surface area (Å²) in [5.41, 5.74) is 2.14. The van der Waals surface area contributed by atoms with Crippen molar-refractivity contribution in [1.29, 1.82) is 0 Å². The third-order valence-electron chi connectivity index (χ3n) is 4.99. The van der Waals surface area contributed by atoms with E-state index in [0.717, 1.165) is 25.6 Å². The van der Waals surface area contributed by atoms with Crippen LogP contribution in [0.4, 0.5) is 20.3 Å². The fraction of sp³-hybridized carbons (Fsp3) is 0.318. The van der Waals surface area contributed by atoms with Crippen LogP contribution in [-0.4, -0.2) is 43.3 Å². The largest absolute Gasteiger partial charge is 0.372 e. The minimum absolute atomic E-state index is 0.0421. The highest BCUT2D eigenvalue weighted by Gasteiger charge is 2.26. The van der Waals surface area contributed by atoms with Gasteiger partial charge in [-0.25, -0.2) is 13.8 Å². The van der Waals surface area contributed by atoms with E-state index in [9.17, 15) is 8.78 Å². The van der Waals surface area contributed by atoms with Gasteiger partial charge >= 0.3 is 0 Å². The fourth-order valence-corrected chi connectivity index (χ4v) is 3.74. The number of anilines is 2.